The van der Waals surface area contributed by atoms with Crippen molar-refractivity contribution in [3.63, 3.8) is 0 Å². The van der Waals surface area contributed by atoms with Crippen LogP contribution in [0.4, 0.5) is 16.3 Å². The minimum Gasteiger partial charge on any atom is -0.335 e. The van der Waals surface area contributed by atoms with Crippen LogP contribution in [0.1, 0.15) is 25.7 Å². The van der Waals surface area contributed by atoms with Crippen LogP contribution in [0.2, 0.25) is 0 Å². The molecule has 0 saturated heterocycles. The summed E-state index contributed by atoms with van der Waals surface area (Å²) in [6, 6.07) is 3.53. The molecule has 6 heteroatoms. The first kappa shape index (κ1) is 12.0. The molecule has 100 valence electrons. The summed E-state index contributed by atoms with van der Waals surface area (Å²) in [6.07, 6.45) is 5.57. The van der Waals surface area contributed by atoms with Crippen LogP contribution in [0.3, 0.4) is 0 Å². The first-order valence-electron chi connectivity index (χ1n) is 6.55. The highest BCUT2D eigenvalue weighted by atomic mass is 16.2. The Morgan fingerprint density at radius 3 is 2.47 bits per heavy atom. The number of nitrogens with zero attached hydrogens (tertiary/aromatic N) is 1. The molecule has 0 aromatic carbocycles. The lowest BCUT2D eigenvalue weighted by molar-refractivity contribution is -0.117. The van der Waals surface area contributed by atoms with Crippen LogP contribution in [0.25, 0.3) is 0 Å². The Morgan fingerprint density at radius 2 is 1.89 bits per heavy atom. The van der Waals surface area contributed by atoms with Crippen molar-refractivity contribution in [2.45, 2.75) is 31.7 Å². The number of hydrogen-bond acceptors (Lipinski definition) is 3. The lowest BCUT2D eigenvalue weighted by Crippen LogP contribution is -2.30. The zero-order chi connectivity index (χ0) is 13.2. The Labute approximate surface area is 111 Å². The largest absolute Gasteiger partial charge is 0.335 e. The molecule has 0 atom stereocenters. The Morgan fingerprint density at radius 1 is 1.11 bits per heavy atom. The number of rotatable bonds is 4. The molecule has 0 bridgehead atoms. The fourth-order valence-corrected chi connectivity index (χ4v) is 1.70. The molecule has 3 amide bonds. The lowest BCUT2D eigenvalue weighted by atomic mass is 10.3. The van der Waals surface area contributed by atoms with E-state index in [9.17, 15) is 9.59 Å². The van der Waals surface area contributed by atoms with Gasteiger partial charge in [0, 0.05) is 12.0 Å². The second-order valence-corrected chi connectivity index (χ2v) is 5.07. The molecule has 2 fully saturated rings. The fourth-order valence-electron chi connectivity index (χ4n) is 1.70. The highest BCUT2D eigenvalue weighted by Gasteiger charge is 2.29. The van der Waals surface area contributed by atoms with Crippen LogP contribution in [-0.4, -0.2) is 23.0 Å². The first-order valence-corrected chi connectivity index (χ1v) is 6.55. The number of urea groups is 1. The Hall–Kier alpha value is -2.11. The van der Waals surface area contributed by atoms with Gasteiger partial charge in [-0.3, -0.25) is 4.79 Å². The Balaban J connectivity index is 1.52. The van der Waals surface area contributed by atoms with Gasteiger partial charge in [0.1, 0.15) is 5.82 Å². The summed E-state index contributed by atoms with van der Waals surface area (Å²) in [5.74, 6) is 0.702. The van der Waals surface area contributed by atoms with E-state index < -0.39 is 0 Å². The zero-order valence-corrected chi connectivity index (χ0v) is 10.5. The van der Waals surface area contributed by atoms with Gasteiger partial charge in [-0.2, -0.15) is 0 Å². The number of carbonyl (C=O) groups excluding carboxylic acids is 2. The highest BCUT2D eigenvalue weighted by molar-refractivity contribution is 5.93. The molecule has 3 rings (SSSR count). The number of amides is 3. The molecule has 0 unspecified atom stereocenters. The number of pyridine rings is 1. The number of anilines is 2. The van der Waals surface area contributed by atoms with Gasteiger partial charge in [0.05, 0.1) is 11.9 Å². The van der Waals surface area contributed by atoms with Crippen molar-refractivity contribution in [3.8, 4) is 0 Å². The van der Waals surface area contributed by atoms with Crippen LogP contribution >= 0.6 is 0 Å². The molecule has 6 nitrogen and oxygen atoms in total. The minimum atomic E-state index is -0.209. The molecule has 0 radical (unpaired) electrons. The summed E-state index contributed by atoms with van der Waals surface area (Å²) in [5.41, 5.74) is 0.613. The van der Waals surface area contributed by atoms with E-state index in [-0.39, 0.29) is 17.9 Å². The van der Waals surface area contributed by atoms with E-state index in [4.69, 9.17) is 0 Å². The lowest BCUT2D eigenvalue weighted by Gasteiger charge is -2.07. The predicted molar refractivity (Wildman–Crippen MR) is 70.8 cm³/mol. The van der Waals surface area contributed by atoms with Crippen molar-refractivity contribution < 1.29 is 9.59 Å². The Bertz CT molecular complexity index is 492. The summed E-state index contributed by atoms with van der Waals surface area (Å²) in [6.45, 7) is 0. The third-order valence-corrected chi connectivity index (χ3v) is 3.13. The van der Waals surface area contributed by atoms with E-state index in [0.29, 0.717) is 17.5 Å². The van der Waals surface area contributed by atoms with Crippen LogP contribution in [-0.2, 0) is 4.79 Å². The molecule has 2 aliphatic rings. The normalized spacial score (nSPS) is 17.7. The second kappa shape index (κ2) is 4.87. The van der Waals surface area contributed by atoms with Gasteiger partial charge in [-0.05, 0) is 37.8 Å². The van der Waals surface area contributed by atoms with Gasteiger partial charge in [-0.25, -0.2) is 9.78 Å². The molecule has 0 aliphatic heterocycles. The van der Waals surface area contributed by atoms with Gasteiger partial charge >= 0.3 is 6.03 Å². The maximum Gasteiger partial charge on any atom is 0.319 e. The van der Waals surface area contributed by atoms with Gasteiger partial charge in [0.15, 0.2) is 0 Å². The summed E-state index contributed by atoms with van der Waals surface area (Å²) in [5, 5.41) is 8.28. The van der Waals surface area contributed by atoms with Crippen molar-refractivity contribution in [3.05, 3.63) is 18.3 Å². The van der Waals surface area contributed by atoms with Gasteiger partial charge in [0.2, 0.25) is 5.91 Å². The number of hydrogen-bond donors (Lipinski definition) is 3. The third kappa shape index (κ3) is 3.43. The Kier molecular flexibility index (Phi) is 3.06. The molecule has 2 aliphatic carbocycles. The van der Waals surface area contributed by atoms with E-state index in [1.807, 2.05) is 0 Å². The smallest absolute Gasteiger partial charge is 0.319 e. The van der Waals surface area contributed by atoms with Gasteiger partial charge in [-0.1, -0.05) is 0 Å². The SMILES string of the molecule is O=C(Nc1ccc(NC(=O)C2CC2)nc1)NC1CC1. The summed E-state index contributed by atoms with van der Waals surface area (Å²) >= 11 is 0. The molecule has 1 heterocycles. The molecular formula is C13H16N4O2. The van der Waals surface area contributed by atoms with Gasteiger partial charge in [-0.15, -0.1) is 0 Å². The summed E-state index contributed by atoms with van der Waals surface area (Å²) < 4.78 is 0. The van der Waals surface area contributed by atoms with E-state index in [1.165, 1.54) is 6.20 Å². The third-order valence-electron chi connectivity index (χ3n) is 3.13. The topological polar surface area (TPSA) is 83.1 Å². The van der Waals surface area contributed by atoms with Crippen LogP contribution in [0.5, 0.6) is 0 Å². The van der Waals surface area contributed by atoms with Crippen molar-refractivity contribution >= 4 is 23.4 Å². The maximum atomic E-state index is 11.5. The first-order chi connectivity index (χ1) is 9.20. The maximum absolute atomic E-state index is 11.5. The number of nitrogens with one attached hydrogen (secondary N) is 3. The molecule has 1 aromatic rings. The summed E-state index contributed by atoms with van der Waals surface area (Å²) in [7, 11) is 0. The quantitative estimate of drug-likeness (QED) is 0.770. The molecule has 0 spiro atoms. The summed E-state index contributed by atoms with van der Waals surface area (Å²) in [4.78, 5) is 27.1. The fraction of sp³-hybridized carbons (Fsp3) is 0.462. The number of carbonyl (C=O) groups is 2. The number of aromatic nitrogens is 1. The van der Waals surface area contributed by atoms with E-state index >= 15 is 0 Å². The average Bonchev–Trinajstić information content (AvgIpc) is 3.25. The zero-order valence-electron chi connectivity index (χ0n) is 10.5. The van der Waals surface area contributed by atoms with Crippen molar-refractivity contribution in [1.82, 2.24) is 10.3 Å². The molecule has 3 N–H and O–H groups in total. The van der Waals surface area contributed by atoms with E-state index in [1.54, 1.807) is 12.1 Å². The van der Waals surface area contributed by atoms with Crippen molar-refractivity contribution in [1.29, 1.82) is 0 Å². The monoisotopic (exact) mass is 260 g/mol. The van der Waals surface area contributed by atoms with E-state index in [0.717, 1.165) is 25.7 Å². The second-order valence-electron chi connectivity index (χ2n) is 5.07. The average molecular weight is 260 g/mol. The van der Waals surface area contributed by atoms with Crippen molar-refractivity contribution in [2.75, 3.05) is 10.6 Å². The van der Waals surface area contributed by atoms with Crippen LogP contribution < -0.4 is 16.0 Å². The van der Waals surface area contributed by atoms with Crippen molar-refractivity contribution in [2.24, 2.45) is 5.92 Å². The van der Waals surface area contributed by atoms with Crippen LogP contribution in [0, 0.1) is 5.92 Å². The predicted octanol–water partition coefficient (Wildman–Crippen LogP) is 1.71. The van der Waals surface area contributed by atoms with Gasteiger partial charge in [0.25, 0.3) is 0 Å². The van der Waals surface area contributed by atoms with E-state index in [2.05, 4.69) is 20.9 Å². The van der Waals surface area contributed by atoms with Gasteiger partial charge < -0.3 is 16.0 Å². The molecule has 1 aromatic heterocycles. The minimum absolute atomic E-state index is 0.0275. The highest BCUT2D eigenvalue weighted by Crippen LogP contribution is 2.29. The molecule has 19 heavy (non-hydrogen) atoms. The molecular weight excluding hydrogens is 244 g/mol. The standard InChI is InChI=1S/C13H16N4O2/c18-12(8-1-2-8)17-11-6-5-10(7-14-11)16-13(19)15-9-3-4-9/h5-9H,1-4H2,(H,14,17,18)(H2,15,16,19). The van der Waals surface area contributed by atoms with Crippen LogP contribution in [0.15, 0.2) is 18.3 Å². The molecule has 2 saturated carbocycles.